The molecule has 32 heavy (non-hydrogen) atoms. The summed E-state index contributed by atoms with van der Waals surface area (Å²) in [6.45, 7) is 5.22. The molecule has 4 rings (SSSR count). The molecule has 3 aromatic rings. The summed E-state index contributed by atoms with van der Waals surface area (Å²) in [5.74, 6) is -1.88. The van der Waals surface area contributed by atoms with Gasteiger partial charge in [0.25, 0.3) is 0 Å². The smallest absolute Gasteiger partial charge is 0.341 e. The number of fused-ring (bicyclic) bond motifs is 1. The lowest BCUT2D eigenvalue weighted by Crippen LogP contribution is -2.48. The molecular weight excluding hydrogens is 435 g/mol. The Bertz CT molecular complexity index is 1230. The van der Waals surface area contributed by atoms with Crippen LogP contribution in [0.25, 0.3) is 10.9 Å². The van der Waals surface area contributed by atoms with Crippen molar-refractivity contribution in [3.8, 4) is 0 Å². The van der Waals surface area contributed by atoms with Crippen LogP contribution in [0.5, 0.6) is 0 Å². The van der Waals surface area contributed by atoms with Crippen molar-refractivity contribution < 1.29 is 19.5 Å². The molecule has 8 nitrogen and oxygen atoms in total. The lowest BCUT2D eigenvalue weighted by atomic mass is 10.1. The first-order chi connectivity index (χ1) is 15.4. The zero-order valence-electron chi connectivity index (χ0n) is 17.5. The summed E-state index contributed by atoms with van der Waals surface area (Å²) in [5.41, 5.74) is 0.445. The number of carbonyl (C=O) groups is 1. The van der Waals surface area contributed by atoms with Crippen LogP contribution >= 0.6 is 11.3 Å². The molecule has 1 aliphatic heterocycles. The van der Waals surface area contributed by atoms with E-state index < -0.39 is 17.2 Å². The van der Waals surface area contributed by atoms with E-state index >= 15 is 0 Å². The van der Waals surface area contributed by atoms with Gasteiger partial charge in [0.05, 0.1) is 16.1 Å². The minimum atomic E-state index is -1.33. The number of aryl methyl sites for hydroxylation is 1. The highest BCUT2D eigenvalue weighted by atomic mass is 32.1. The molecule has 0 aliphatic carbocycles. The number of hydrogen-bond donors (Lipinski definition) is 2. The molecule has 0 unspecified atom stereocenters. The van der Waals surface area contributed by atoms with Gasteiger partial charge in [0, 0.05) is 50.9 Å². The molecule has 3 heterocycles. The average molecular weight is 459 g/mol. The zero-order valence-corrected chi connectivity index (χ0v) is 18.3. The van der Waals surface area contributed by atoms with E-state index in [0.29, 0.717) is 56.2 Å². The first-order valence-electron chi connectivity index (χ1n) is 10.2. The van der Waals surface area contributed by atoms with Crippen LogP contribution in [-0.2, 0) is 6.54 Å². The molecule has 168 valence electrons. The fourth-order valence-electron chi connectivity index (χ4n) is 4.02. The van der Waals surface area contributed by atoms with Gasteiger partial charge in [-0.3, -0.25) is 9.69 Å². The summed E-state index contributed by atoms with van der Waals surface area (Å²) >= 11 is 1.51. The Hall–Kier alpha value is -3.24. The summed E-state index contributed by atoms with van der Waals surface area (Å²) in [4.78, 5) is 28.9. The van der Waals surface area contributed by atoms with Gasteiger partial charge in [-0.1, -0.05) is 11.2 Å². The Balaban J connectivity index is 1.57. The zero-order chi connectivity index (χ0) is 22.8. The maximum absolute atomic E-state index is 15.0. The predicted molar refractivity (Wildman–Crippen MR) is 122 cm³/mol. The number of aromatic carboxylic acids is 1. The third-order valence-corrected chi connectivity index (χ3v) is 6.65. The topological polar surface area (TPSA) is 98.4 Å². The molecular formula is C22H23FN4O4S. The Kier molecular flexibility index (Phi) is 6.24. The molecule has 0 atom stereocenters. The van der Waals surface area contributed by atoms with Gasteiger partial charge in [0.15, 0.2) is 0 Å². The van der Waals surface area contributed by atoms with Crippen LogP contribution in [0.1, 0.15) is 22.2 Å². The van der Waals surface area contributed by atoms with Crippen LogP contribution < -0.4 is 10.3 Å². The van der Waals surface area contributed by atoms with E-state index in [1.807, 2.05) is 29.3 Å². The van der Waals surface area contributed by atoms with Gasteiger partial charge in [-0.2, -0.15) is 0 Å². The highest BCUT2D eigenvalue weighted by molar-refractivity contribution is 7.12. The van der Waals surface area contributed by atoms with Crippen molar-refractivity contribution in [3.63, 3.8) is 0 Å². The Labute approximate surface area is 187 Å². The normalized spacial score (nSPS) is 15.4. The highest BCUT2D eigenvalue weighted by Crippen LogP contribution is 2.26. The second-order valence-corrected chi connectivity index (χ2v) is 8.52. The number of aromatic nitrogens is 1. The van der Waals surface area contributed by atoms with Gasteiger partial charge >= 0.3 is 5.97 Å². The van der Waals surface area contributed by atoms with Crippen molar-refractivity contribution in [2.24, 2.45) is 5.16 Å². The Morgan fingerprint density at radius 3 is 2.59 bits per heavy atom. The molecule has 10 heteroatoms. The number of hydrogen-bond acceptors (Lipinski definition) is 7. The number of carboxylic acid groups (broad SMARTS) is 1. The molecule has 2 aromatic heterocycles. The number of halogens is 1. The average Bonchev–Trinajstić information content (AvgIpc) is 3.33. The van der Waals surface area contributed by atoms with Crippen molar-refractivity contribution >= 4 is 39.6 Å². The molecule has 0 bridgehead atoms. The van der Waals surface area contributed by atoms with Gasteiger partial charge < -0.3 is 19.8 Å². The van der Waals surface area contributed by atoms with Gasteiger partial charge in [0.2, 0.25) is 5.43 Å². The summed E-state index contributed by atoms with van der Waals surface area (Å²) < 4.78 is 16.7. The fraction of sp³-hybridized carbons (Fsp3) is 0.318. The van der Waals surface area contributed by atoms with E-state index in [1.54, 1.807) is 10.6 Å². The molecule has 1 aromatic carbocycles. The third kappa shape index (κ3) is 4.11. The fourth-order valence-corrected chi connectivity index (χ4v) is 4.72. The van der Waals surface area contributed by atoms with E-state index in [0.717, 1.165) is 10.9 Å². The minimum absolute atomic E-state index is 0.0615. The summed E-state index contributed by atoms with van der Waals surface area (Å²) in [6.07, 6.45) is 1.31. The highest BCUT2D eigenvalue weighted by Gasteiger charge is 2.23. The monoisotopic (exact) mass is 458 g/mol. The minimum Gasteiger partial charge on any atom is -0.477 e. The van der Waals surface area contributed by atoms with Crippen molar-refractivity contribution in [3.05, 3.63) is 62.3 Å². The van der Waals surface area contributed by atoms with Crippen molar-refractivity contribution in [1.29, 1.82) is 0 Å². The van der Waals surface area contributed by atoms with Gasteiger partial charge in [-0.15, -0.1) is 11.3 Å². The molecule has 0 spiro atoms. The van der Waals surface area contributed by atoms with Crippen LogP contribution in [0.3, 0.4) is 0 Å². The van der Waals surface area contributed by atoms with Crippen LogP contribution in [0.15, 0.2) is 45.8 Å². The molecule has 1 fully saturated rings. The molecule has 0 amide bonds. The number of piperazine rings is 1. The van der Waals surface area contributed by atoms with Crippen LogP contribution in [0.4, 0.5) is 10.1 Å². The molecule has 1 aliphatic rings. The third-order valence-electron chi connectivity index (χ3n) is 5.73. The number of benzene rings is 1. The van der Waals surface area contributed by atoms with E-state index in [4.69, 9.17) is 0 Å². The van der Waals surface area contributed by atoms with Crippen molar-refractivity contribution in [1.82, 2.24) is 9.47 Å². The van der Waals surface area contributed by atoms with Crippen LogP contribution in [0.2, 0.25) is 0 Å². The predicted octanol–water partition coefficient (Wildman–Crippen LogP) is 2.92. The summed E-state index contributed by atoms with van der Waals surface area (Å²) in [7, 11) is 0. The number of nitrogens with zero attached hydrogens (tertiary/aromatic N) is 4. The lowest BCUT2D eigenvalue weighted by molar-refractivity contribution is 0.0695. The van der Waals surface area contributed by atoms with Gasteiger partial charge in [-0.05, 0) is 30.5 Å². The number of anilines is 1. The number of oxime groups is 1. The molecule has 0 radical (unpaired) electrons. The van der Waals surface area contributed by atoms with Gasteiger partial charge in [0.1, 0.15) is 17.1 Å². The van der Waals surface area contributed by atoms with Crippen molar-refractivity contribution in [2.75, 3.05) is 37.6 Å². The first kappa shape index (κ1) is 22.0. The van der Waals surface area contributed by atoms with Crippen LogP contribution in [-0.4, -0.2) is 64.2 Å². The second-order valence-electron chi connectivity index (χ2n) is 7.57. The van der Waals surface area contributed by atoms with E-state index in [2.05, 4.69) is 10.1 Å². The molecule has 2 N–H and O–H groups in total. The lowest BCUT2D eigenvalue weighted by Gasteiger charge is -2.36. The number of thiophene rings is 1. The first-order valence-corrected chi connectivity index (χ1v) is 11.1. The summed E-state index contributed by atoms with van der Waals surface area (Å²) in [5, 5.41) is 24.1. The maximum atomic E-state index is 15.0. The van der Waals surface area contributed by atoms with E-state index in [1.165, 1.54) is 17.5 Å². The van der Waals surface area contributed by atoms with E-state index in [-0.39, 0.29) is 10.9 Å². The molecule has 0 saturated carbocycles. The van der Waals surface area contributed by atoms with Gasteiger partial charge in [-0.25, -0.2) is 9.18 Å². The maximum Gasteiger partial charge on any atom is 0.341 e. The summed E-state index contributed by atoms with van der Waals surface area (Å²) in [6, 6.07) is 6.58. The number of carboxylic acids is 1. The SMILES string of the molecule is CCn1cc(C(=O)O)c(=O)c2cc(F)c(N3CCN(C/C(=N/O)c4cccs4)CC3)cc21. The Morgan fingerprint density at radius 1 is 1.25 bits per heavy atom. The quantitative estimate of drug-likeness (QED) is 0.335. The number of rotatable bonds is 6. The standard InChI is InChI=1S/C22H23FN4O4S/c1-2-26-12-15(22(29)30)21(28)14-10-16(23)19(11-18(14)26)27-7-5-25(6-8-27)13-17(24-31)20-4-3-9-32-20/h3-4,9-12,31H,2,5-8,13H2,1H3,(H,29,30)/b24-17-. The molecule has 1 saturated heterocycles. The number of pyridine rings is 1. The van der Waals surface area contributed by atoms with Crippen molar-refractivity contribution in [2.45, 2.75) is 13.5 Å². The van der Waals surface area contributed by atoms with Crippen LogP contribution in [0, 0.1) is 5.82 Å². The largest absolute Gasteiger partial charge is 0.477 e. The van der Waals surface area contributed by atoms with E-state index in [9.17, 15) is 24.3 Å². The Morgan fingerprint density at radius 2 is 2.00 bits per heavy atom. The second kappa shape index (κ2) is 9.09.